The van der Waals surface area contributed by atoms with Gasteiger partial charge in [0.15, 0.2) is 0 Å². The van der Waals surface area contributed by atoms with Crippen LogP contribution in [0.5, 0.6) is 0 Å². The Hall–Kier alpha value is -3.14. The molecule has 0 fully saturated rings. The molecule has 7 heteroatoms. The van der Waals surface area contributed by atoms with Crippen molar-refractivity contribution in [2.75, 3.05) is 6.54 Å². The number of carbonyl (C=O) groups is 2. The number of rotatable bonds is 2. The van der Waals surface area contributed by atoms with Gasteiger partial charge >= 0.3 is 0 Å². The van der Waals surface area contributed by atoms with Crippen LogP contribution in [-0.4, -0.2) is 32.8 Å². The first-order valence-electron chi connectivity index (χ1n) is 7.51. The summed E-state index contributed by atoms with van der Waals surface area (Å²) >= 11 is 0. The minimum absolute atomic E-state index is 0.0206. The van der Waals surface area contributed by atoms with Crippen molar-refractivity contribution in [3.05, 3.63) is 34.4 Å². The van der Waals surface area contributed by atoms with E-state index in [1.807, 2.05) is 24.6 Å². The number of hydrogen-bond donors (Lipinski definition) is 0. The van der Waals surface area contributed by atoms with Crippen molar-refractivity contribution >= 4 is 29.1 Å². The molecule has 3 heterocycles. The van der Waals surface area contributed by atoms with Gasteiger partial charge in [0.25, 0.3) is 11.8 Å². The number of imide groups is 1. The Morgan fingerprint density at radius 3 is 2.62 bits per heavy atom. The SMILES string of the molecule is CCN1C(=O)C(C#N)=C(C)/C(=C/c2cc3c(nc(C)n3C)o2)C1=O. The first-order chi connectivity index (χ1) is 11.4. The Bertz CT molecular complexity index is 982. The van der Waals surface area contributed by atoms with Gasteiger partial charge in [0.05, 0.1) is 0 Å². The zero-order valence-electron chi connectivity index (χ0n) is 13.9. The monoisotopic (exact) mass is 324 g/mol. The lowest BCUT2D eigenvalue weighted by molar-refractivity contribution is -0.140. The summed E-state index contributed by atoms with van der Waals surface area (Å²) in [6, 6.07) is 3.67. The van der Waals surface area contributed by atoms with E-state index in [9.17, 15) is 14.9 Å². The van der Waals surface area contributed by atoms with Gasteiger partial charge in [-0.1, -0.05) is 0 Å². The highest BCUT2D eigenvalue weighted by Crippen LogP contribution is 2.28. The van der Waals surface area contributed by atoms with Gasteiger partial charge in [0, 0.05) is 25.2 Å². The van der Waals surface area contributed by atoms with Crippen molar-refractivity contribution in [3.63, 3.8) is 0 Å². The van der Waals surface area contributed by atoms with Crippen LogP contribution in [0.1, 0.15) is 25.4 Å². The van der Waals surface area contributed by atoms with Crippen molar-refractivity contribution < 1.29 is 14.0 Å². The van der Waals surface area contributed by atoms with E-state index < -0.39 is 11.8 Å². The fourth-order valence-corrected chi connectivity index (χ4v) is 2.74. The molecule has 1 aliphatic heterocycles. The number of aromatic nitrogens is 2. The lowest BCUT2D eigenvalue weighted by Crippen LogP contribution is -2.42. The van der Waals surface area contributed by atoms with E-state index in [1.165, 1.54) is 0 Å². The summed E-state index contributed by atoms with van der Waals surface area (Å²) in [5.41, 5.74) is 1.92. The van der Waals surface area contributed by atoms with Crippen molar-refractivity contribution in [3.8, 4) is 6.07 Å². The Labute approximate surface area is 138 Å². The molecule has 0 saturated heterocycles. The fraction of sp³-hybridized carbons (Fsp3) is 0.294. The zero-order chi connectivity index (χ0) is 17.6. The largest absolute Gasteiger partial charge is 0.437 e. The number of fused-ring (bicyclic) bond motifs is 1. The second-order valence-electron chi connectivity index (χ2n) is 5.58. The van der Waals surface area contributed by atoms with Gasteiger partial charge in [-0.15, -0.1) is 0 Å². The van der Waals surface area contributed by atoms with Gasteiger partial charge < -0.3 is 8.98 Å². The smallest absolute Gasteiger partial charge is 0.271 e. The van der Waals surface area contributed by atoms with Crippen molar-refractivity contribution in [2.45, 2.75) is 20.8 Å². The lowest BCUT2D eigenvalue weighted by Gasteiger charge is -2.25. The van der Waals surface area contributed by atoms with Crippen molar-refractivity contribution in [1.82, 2.24) is 14.5 Å². The molecule has 0 radical (unpaired) electrons. The third-order valence-electron chi connectivity index (χ3n) is 4.25. The van der Waals surface area contributed by atoms with Crippen LogP contribution in [0.4, 0.5) is 0 Å². The van der Waals surface area contributed by atoms with E-state index >= 15 is 0 Å². The summed E-state index contributed by atoms with van der Waals surface area (Å²) in [7, 11) is 1.87. The molecule has 2 aromatic rings. The number of carbonyl (C=O) groups excluding carboxylic acids is 2. The van der Waals surface area contributed by atoms with E-state index in [1.54, 1.807) is 26.0 Å². The third kappa shape index (κ3) is 2.15. The minimum Gasteiger partial charge on any atom is -0.437 e. The first kappa shape index (κ1) is 15.7. The molecule has 0 aliphatic carbocycles. The summed E-state index contributed by atoms with van der Waals surface area (Å²) in [6.07, 6.45) is 1.56. The highest BCUT2D eigenvalue weighted by Gasteiger charge is 2.34. The fourth-order valence-electron chi connectivity index (χ4n) is 2.74. The maximum atomic E-state index is 12.5. The van der Waals surface area contributed by atoms with Crippen LogP contribution in [0, 0.1) is 18.3 Å². The van der Waals surface area contributed by atoms with Gasteiger partial charge in [-0.05, 0) is 32.4 Å². The molecule has 24 heavy (non-hydrogen) atoms. The molecule has 0 spiro atoms. The first-order valence-corrected chi connectivity index (χ1v) is 7.51. The molecule has 0 N–H and O–H groups in total. The normalized spacial score (nSPS) is 17.3. The average Bonchev–Trinajstić information content (AvgIpc) is 3.04. The van der Waals surface area contributed by atoms with Crippen LogP contribution >= 0.6 is 0 Å². The molecule has 0 saturated carbocycles. The van der Waals surface area contributed by atoms with Crippen molar-refractivity contribution in [1.29, 1.82) is 5.26 Å². The van der Waals surface area contributed by atoms with Crippen LogP contribution < -0.4 is 0 Å². The van der Waals surface area contributed by atoms with Crippen LogP contribution in [-0.2, 0) is 16.6 Å². The summed E-state index contributed by atoms with van der Waals surface area (Å²) in [4.78, 5) is 30.0. The number of furan rings is 1. The molecule has 7 nitrogen and oxygen atoms in total. The summed E-state index contributed by atoms with van der Waals surface area (Å²) in [6.45, 7) is 5.36. The number of hydrogen-bond acceptors (Lipinski definition) is 5. The second-order valence-corrected chi connectivity index (χ2v) is 5.58. The predicted octanol–water partition coefficient (Wildman–Crippen LogP) is 2.09. The number of nitriles is 1. The molecule has 0 bridgehead atoms. The molecule has 2 amide bonds. The van der Waals surface area contributed by atoms with Crippen LogP contribution in [0.25, 0.3) is 17.3 Å². The summed E-state index contributed by atoms with van der Waals surface area (Å²) < 4.78 is 7.55. The second kappa shape index (κ2) is 5.49. The van der Waals surface area contributed by atoms with Gasteiger partial charge in [-0.2, -0.15) is 10.2 Å². The molecule has 2 aromatic heterocycles. The Balaban J connectivity index is 2.15. The number of amides is 2. The lowest BCUT2D eigenvalue weighted by atomic mass is 9.95. The summed E-state index contributed by atoms with van der Waals surface area (Å²) in [5.74, 6) is 0.293. The average molecular weight is 324 g/mol. The Kier molecular flexibility index (Phi) is 3.60. The van der Waals surface area contributed by atoms with E-state index in [0.717, 1.165) is 16.2 Å². The van der Waals surface area contributed by atoms with E-state index in [-0.39, 0.29) is 17.7 Å². The predicted molar refractivity (Wildman–Crippen MR) is 86.4 cm³/mol. The Morgan fingerprint density at radius 2 is 2.04 bits per heavy atom. The van der Waals surface area contributed by atoms with Crippen LogP contribution in [0.15, 0.2) is 27.2 Å². The number of aryl methyl sites for hydroxylation is 2. The standard InChI is InChI=1S/C17H16N4O3/c1-5-21-16(22)12(9(2)13(8-18)17(21)23)6-11-7-14-15(24-11)19-10(3)20(14)4/h6-7H,5H2,1-4H3/b12-6-. The quantitative estimate of drug-likeness (QED) is 0.623. The van der Waals surface area contributed by atoms with E-state index in [2.05, 4.69) is 4.98 Å². The molecule has 1 aliphatic rings. The van der Waals surface area contributed by atoms with Gasteiger partial charge in [0.1, 0.15) is 28.7 Å². The van der Waals surface area contributed by atoms with Gasteiger partial charge in [-0.25, -0.2) is 0 Å². The Morgan fingerprint density at radius 1 is 1.33 bits per heavy atom. The maximum Gasteiger partial charge on any atom is 0.271 e. The summed E-state index contributed by atoms with van der Waals surface area (Å²) in [5, 5.41) is 9.23. The van der Waals surface area contributed by atoms with Crippen LogP contribution in [0.2, 0.25) is 0 Å². The number of nitrogens with zero attached hydrogens (tertiary/aromatic N) is 4. The van der Waals surface area contributed by atoms with E-state index in [0.29, 0.717) is 17.0 Å². The molecule has 0 atom stereocenters. The topological polar surface area (TPSA) is 92.1 Å². The highest BCUT2D eigenvalue weighted by atomic mass is 16.3. The van der Waals surface area contributed by atoms with E-state index in [4.69, 9.17) is 4.42 Å². The van der Waals surface area contributed by atoms with Crippen LogP contribution in [0.3, 0.4) is 0 Å². The molecule has 0 unspecified atom stereocenters. The van der Waals surface area contributed by atoms with Gasteiger partial charge in [-0.3, -0.25) is 14.5 Å². The molecule has 3 rings (SSSR count). The molecular formula is C17H16N4O3. The molecular weight excluding hydrogens is 308 g/mol. The third-order valence-corrected chi connectivity index (χ3v) is 4.25. The number of imidazole rings is 1. The van der Waals surface area contributed by atoms with Crippen molar-refractivity contribution in [2.24, 2.45) is 7.05 Å². The maximum absolute atomic E-state index is 12.5. The molecule has 0 aromatic carbocycles. The zero-order valence-corrected chi connectivity index (χ0v) is 13.9. The highest BCUT2D eigenvalue weighted by molar-refractivity contribution is 6.19. The minimum atomic E-state index is -0.554. The molecule has 122 valence electrons. The number of likely N-dealkylation sites (N-methyl/N-ethyl adjacent to an activating group) is 1. The van der Waals surface area contributed by atoms with Gasteiger partial charge in [0.2, 0.25) is 5.71 Å².